The smallest absolute Gasteiger partial charge is 0.119 e. The number of aryl methyl sites for hydroxylation is 1. The van der Waals surface area contributed by atoms with Gasteiger partial charge in [0.2, 0.25) is 0 Å². The van der Waals surface area contributed by atoms with E-state index in [1.807, 2.05) is 18.2 Å². The van der Waals surface area contributed by atoms with Crippen molar-refractivity contribution < 1.29 is 4.74 Å². The molecule has 2 aromatic rings. The molecule has 2 nitrogen and oxygen atoms in total. The van der Waals surface area contributed by atoms with Crippen LogP contribution >= 0.6 is 15.9 Å². The predicted molar refractivity (Wildman–Crippen MR) is 89.6 cm³/mol. The normalized spacial score (nSPS) is 17.3. The van der Waals surface area contributed by atoms with Gasteiger partial charge < -0.3 is 10.5 Å². The minimum absolute atomic E-state index is 0.500. The van der Waals surface area contributed by atoms with Gasteiger partial charge in [0.15, 0.2) is 0 Å². The van der Waals surface area contributed by atoms with Gasteiger partial charge in [-0.3, -0.25) is 0 Å². The van der Waals surface area contributed by atoms with Gasteiger partial charge in [0.25, 0.3) is 0 Å². The van der Waals surface area contributed by atoms with Crippen molar-refractivity contribution in [3.8, 4) is 5.75 Å². The highest BCUT2D eigenvalue weighted by atomic mass is 79.9. The molecular formula is C18H20BrNO. The second kappa shape index (κ2) is 6.63. The van der Waals surface area contributed by atoms with Crippen LogP contribution in [-0.4, -0.2) is 6.61 Å². The molecular weight excluding hydrogens is 326 g/mol. The highest BCUT2D eigenvalue weighted by molar-refractivity contribution is 9.10. The topological polar surface area (TPSA) is 35.2 Å². The van der Waals surface area contributed by atoms with Gasteiger partial charge in [0.1, 0.15) is 5.75 Å². The highest BCUT2D eigenvalue weighted by Gasteiger charge is 2.20. The first-order valence-corrected chi connectivity index (χ1v) is 8.26. The Morgan fingerprint density at radius 3 is 2.90 bits per heavy atom. The van der Waals surface area contributed by atoms with Gasteiger partial charge in [-0.05, 0) is 54.2 Å². The van der Waals surface area contributed by atoms with E-state index in [0.717, 1.165) is 22.4 Å². The summed E-state index contributed by atoms with van der Waals surface area (Å²) in [5.74, 6) is 1.40. The van der Waals surface area contributed by atoms with Crippen molar-refractivity contribution in [2.45, 2.75) is 31.7 Å². The molecule has 1 aliphatic rings. The third-order valence-electron chi connectivity index (χ3n) is 4.18. The summed E-state index contributed by atoms with van der Waals surface area (Å²) in [7, 11) is 0. The fraction of sp³-hybridized carbons (Fsp3) is 0.333. The number of nitrogens with two attached hydrogens (primary N) is 1. The van der Waals surface area contributed by atoms with Crippen molar-refractivity contribution >= 4 is 15.9 Å². The van der Waals surface area contributed by atoms with Crippen LogP contribution in [0.4, 0.5) is 0 Å². The standard InChI is InChI=1S/C18H20BrNO/c19-18-9-8-16(10-15(18)11-20)21-12-14-6-3-5-13-4-1-2-7-17(13)14/h1-2,4,7-10,14H,3,5-6,11-12,20H2. The number of halogens is 1. The number of fused-ring (bicyclic) bond motifs is 1. The van der Waals surface area contributed by atoms with Crippen LogP contribution in [0.25, 0.3) is 0 Å². The minimum atomic E-state index is 0.500. The lowest BCUT2D eigenvalue weighted by atomic mass is 9.83. The van der Waals surface area contributed by atoms with E-state index in [2.05, 4.69) is 40.2 Å². The van der Waals surface area contributed by atoms with Crippen LogP contribution in [0.1, 0.15) is 35.4 Å². The van der Waals surface area contributed by atoms with Crippen LogP contribution in [0.2, 0.25) is 0 Å². The van der Waals surface area contributed by atoms with Crippen LogP contribution < -0.4 is 10.5 Å². The molecule has 0 spiro atoms. The fourth-order valence-corrected chi connectivity index (χ4v) is 3.43. The zero-order chi connectivity index (χ0) is 14.7. The molecule has 3 heteroatoms. The molecule has 0 bridgehead atoms. The number of hydrogen-bond acceptors (Lipinski definition) is 2. The monoisotopic (exact) mass is 345 g/mol. The predicted octanol–water partition coefficient (Wildman–Crippen LogP) is 4.41. The minimum Gasteiger partial charge on any atom is -0.493 e. The maximum absolute atomic E-state index is 6.02. The summed E-state index contributed by atoms with van der Waals surface area (Å²) in [6.07, 6.45) is 3.65. The summed E-state index contributed by atoms with van der Waals surface area (Å²) in [5.41, 5.74) is 9.76. The van der Waals surface area contributed by atoms with Gasteiger partial charge >= 0.3 is 0 Å². The maximum atomic E-state index is 6.02. The average molecular weight is 346 g/mol. The summed E-state index contributed by atoms with van der Waals surface area (Å²) in [5, 5.41) is 0. The molecule has 110 valence electrons. The van der Waals surface area contributed by atoms with Crippen molar-refractivity contribution in [1.82, 2.24) is 0 Å². The molecule has 0 radical (unpaired) electrons. The Bertz CT molecular complexity index is 626. The van der Waals surface area contributed by atoms with E-state index in [4.69, 9.17) is 10.5 Å². The second-order valence-electron chi connectivity index (χ2n) is 5.56. The Morgan fingerprint density at radius 1 is 1.19 bits per heavy atom. The summed E-state index contributed by atoms with van der Waals surface area (Å²) < 4.78 is 7.07. The van der Waals surface area contributed by atoms with Crippen LogP contribution in [0.5, 0.6) is 5.75 Å². The van der Waals surface area contributed by atoms with Crippen LogP contribution in [0.15, 0.2) is 46.9 Å². The van der Waals surface area contributed by atoms with Gasteiger partial charge in [-0.25, -0.2) is 0 Å². The summed E-state index contributed by atoms with van der Waals surface area (Å²) >= 11 is 3.50. The second-order valence-corrected chi connectivity index (χ2v) is 6.41. The SMILES string of the molecule is NCc1cc(OCC2CCCc3ccccc32)ccc1Br. The van der Waals surface area contributed by atoms with Crippen molar-refractivity contribution in [2.24, 2.45) is 5.73 Å². The lowest BCUT2D eigenvalue weighted by molar-refractivity contribution is 0.274. The molecule has 1 unspecified atom stereocenters. The Labute approximate surface area is 134 Å². The molecule has 2 aromatic carbocycles. The Balaban J connectivity index is 1.71. The third-order valence-corrected chi connectivity index (χ3v) is 4.96. The van der Waals surface area contributed by atoms with Crippen LogP contribution in [-0.2, 0) is 13.0 Å². The molecule has 0 amide bonds. The van der Waals surface area contributed by atoms with E-state index in [9.17, 15) is 0 Å². The van der Waals surface area contributed by atoms with Gasteiger partial charge in [0, 0.05) is 16.9 Å². The summed E-state index contributed by atoms with van der Waals surface area (Å²) in [6.45, 7) is 1.26. The lowest BCUT2D eigenvalue weighted by Crippen LogP contribution is -2.16. The van der Waals surface area contributed by atoms with Crippen LogP contribution in [0.3, 0.4) is 0 Å². The van der Waals surface area contributed by atoms with Gasteiger partial charge in [0.05, 0.1) is 6.61 Å². The van der Waals surface area contributed by atoms with E-state index in [1.54, 1.807) is 0 Å². The first-order chi connectivity index (χ1) is 10.3. The zero-order valence-corrected chi connectivity index (χ0v) is 13.6. The third kappa shape index (κ3) is 3.30. The first kappa shape index (κ1) is 14.6. The lowest BCUT2D eigenvalue weighted by Gasteiger charge is -2.25. The van der Waals surface area contributed by atoms with Gasteiger partial charge in [-0.2, -0.15) is 0 Å². The van der Waals surface area contributed by atoms with E-state index < -0.39 is 0 Å². The molecule has 3 rings (SSSR count). The fourth-order valence-electron chi connectivity index (χ4n) is 3.02. The molecule has 0 fully saturated rings. The van der Waals surface area contributed by atoms with Crippen LogP contribution in [0, 0.1) is 0 Å². The first-order valence-electron chi connectivity index (χ1n) is 7.47. The number of ether oxygens (including phenoxy) is 1. The highest BCUT2D eigenvalue weighted by Crippen LogP contribution is 2.32. The molecule has 0 aliphatic heterocycles. The largest absolute Gasteiger partial charge is 0.493 e. The zero-order valence-electron chi connectivity index (χ0n) is 12.0. The molecule has 1 aliphatic carbocycles. The molecule has 0 aromatic heterocycles. The van der Waals surface area contributed by atoms with E-state index in [1.165, 1.54) is 30.4 Å². The van der Waals surface area contributed by atoms with E-state index in [0.29, 0.717) is 12.5 Å². The molecule has 0 heterocycles. The van der Waals surface area contributed by atoms with Crippen molar-refractivity contribution in [2.75, 3.05) is 6.61 Å². The Kier molecular flexibility index (Phi) is 4.61. The summed E-state index contributed by atoms with van der Waals surface area (Å²) in [4.78, 5) is 0. The van der Waals surface area contributed by atoms with E-state index in [-0.39, 0.29) is 0 Å². The van der Waals surface area contributed by atoms with Crippen molar-refractivity contribution in [3.63, 3.8) is 0 Å². The molecule has 0 saturated carbocycles. The number of rotatable bonds is 4. The molecule has 0 saturated heterocycles. The number of hydrogen-bond donors (Lipinski definition) is 1. The molecule has 1 atom stereocenters. The van der Waals surface area contributed by atoms with Gasteiger partial charge in [-0.15, -0.1) is 0 Å². The van der Waals surface area contributed by atoms with Crippen molar-refractivity contribution in [3.05, 3.63) is 63.6 Å². The average Bonchev–Trinajstić information content (AvgIpc) is 2.54. The quantitative estimate of drug-likeness (QED) is 0.890. The van der Waals surface area contributed by atoms with E-state index >= 15 is 0 Å². The van der Waals surface area contributed by atoms with Gasteiger partial charge in [-0.1, -0.05) is 40.2 Å². The Hall–Kier alpha value is -1.32. The summed E-state index contributed by atoms with van der Waals surface area (Å²) in [6, 6.07) is 14.8. The molecule has 2 N–H and O–H groups in total. The maximum Gasteiger partial charge on any atom is 0.119 e. The Morgan fingerprint density at radius 2 is 2.05 bits per heavy atom. The number of benzene rings is 2. The molecule has 21 heavy (non-hydrogen) atoms. The van der Waals surface area contributed by atoms with Crippen molar-refractivity contribution in [1.29, 1.82) is 0 Å².